The molecule has 0 spiro atoms. The van der Waals surface area contributed by atoms with Gasteiger partial charge in [0.2, 0.25) is 0 Å². The Morgan fingerprint density at radius 3 is 2.16 bits per heavy atom. The molecule has 0 atom stereocenters. The zero-order valence-electron chi connectivity index (χ0n) is 23.2. The van der Waals surface area contributed by atoms with Crippen LogP contribution in [-0.2, 0) is 11.8 Å². The summed E-state index contributed by atoms with van der Waals surface area (Å²) in [5.74, 6) is 0. The van der Waals surface area contributed by atoms with Gasteiger partial charge in [-0.25, -0.2) is 0 Å². The lowest BCUT2D eigenvalue weighted by atomic mass is 9.82. The lowest BCUT2D eigenvalue weighted by Gasteiger charge is -2.22. The highest BCUT2D eigenvalue weighted by atomic mass is 14.9. The predicted molar refractivity (Wildman–Crippen MR) is 164 cm³/mol. The molecule has 0 radical (unpaired) electrons. The first-order chi connectivity index (χ1) is 18.1. The van der Waals surface area contributed by atoms with Crippen LogP contribution >= 0.6 is 0 Å². The number of hydrogen-bond donors (Lipinski definition) is 0. The van der Waals surface area contributed by atoms with Gasteiger partial charge in [-0.1, -0.05) is 90.1 Å². The Labute approximate surface area is 224 Å². The molecule has 2 heteroatoms. The van der Waals surface area contributed by atoms with Crippen LogP contribution in [0.5, 0.6) is 0 Å². The van der Waals surface area contributed by atoms with E-state index in [0.717, 1.165) is 12.1 Å². The normalized spacial score (nSPS) is 13.1. The fourth-order valence-electron chi connectivity index (χ4n) is 6.38. The summed E-state index contributed by atoms with van der Waals surface area (Å²) >= 11 is 0. The summed E-state index contributed by atoms with van der Waals surface area (Å²) in [4.78, 5) is 5.02. The van der Waals surface area contributed by atoms with Crippen molar-refractivity contribution in [1.82, 2.24) is 9.38 Å². The standard InChI is InChI=1S/C36H34N2/c1-35(2,3)20-22-14-15-32-28(16-22)26-12-9-13-27-29-21-37-31(19-33(29)38(32)34(26)27)24-17-23-10-7-8-11-25(23)30(18-24)36(4,5)6/h7-19,21H,20H2,1-6H3. The lowest BCUT2D eigenvalue weighted by molar-refractivity contribution is 0.411. The number of nitrogens with zero attached hydrogens (tertiary/aromatic N) is 2. The maximum atomic E-state index is 5.02. The molecule has 0 N–H and O–H groups in total. The van der Waals surface area contributed by atoms with E-state index in [1.54, 1.807) is 0 Å². The van der Waals surface area contributed by atoms with Crippen LogP contribution in [0.4, 0.5) is 0 Å². The minimum absolute atomic E-state index is 0.0378. The third-order valence-electron chi connectivity index (χ3n) is 7.96. The molecular weight excluding hydrogens is 460 g/mol. The van der Waals surface area contributed by atoms with E-state index in [4.69, 9.17) is 4.98 Å². The van der Waals surface area contributed by atoms with Gasteiger partial charge in [0.1, 0.15) is 0 Å². The zero-order chi connectivity index (χ0) is 26.4. The van der Waals surface area contributed by atoms with Crippen molar-refractivity contribution in [2.75, 3.05) is 0 Å². The first-order valence-electron chi connectivity index (χ1n) is 13.7. The molecular formula is C36H34N2. The van der Waals surface area contributed by atoms with Gasteiger partial charge in [-0.15, -0.1) is 0 Å². The molecule has 0 bridgehead atoms. The van der Waals surface area contributed by atoms with Crippen molar-refractivity contribution in [3.8, 4) is 11.3 Å². The molecule has 7 rings (SSSR count). The molecule has 0 unspecified atom stereocenters. The predicted octanol–water partition coefficient (Wildman–Crippen LogP) is 9.94. The van der Waals surface area contributed by atoms with E-state index in [2.05, 4.69) is 131 Å². The third-order valence-corrected chi connectivity index (χ3v) is 7.96. The molecule has 38 heavy (non-hydrogen) atoms. The maximum absolute atomic E-state index is 5.02. The number of fused-ring (bicyclic) bond motifs is 7. The summed E-state index contributed by atoms with van der Waals surface area (Å²) in [6.45, 7) is 13.8. The molecule has 188 valence electrons. The van der Waals surface area contributed by atoms with Gasteiger partial charge in [0.15, 0.2) is 0 Å². The highest BCUT2D eigenvalue weighted by Crippen LogP contribution is 2.41. The number of rotatable bonds is 2. The van der Waals surface area contributed by atoms with Gasteiger partial charge in [0.25, 0.3) is 0 Å². The van der Waals surface area contributed by atoms with Crippen LogP contribution in [0.1, 0.15) is 52.7 Å². The smallest absolute Gasteiger partial charge is 0.0723 e. The number of para-hydroxylation sites is 1. The number of aromatic nitrogens is 2. The molecule has 3 aromatic heterocycles. The van der Waals surface area contributed by atoms with Crippen LogP contribution in [0.15, 0.2) is 85.1 Å². The largest absolute Gasteiger partial charge is 0.308 e. The fourth-order valence-corrected chi connectivity index (χ4v) is 6.38. The van der Waals surface area contributed by atoms with Gasteiger partial charge in [-0.3, -0.25) is 4.98 Å². The van der Waals surface area contributed by atoms with Crippen LogP contribution in [0.2, 0.25) is 0 Å². The number of pyridine rings is 1. The lowest BCUT2D eigenvalue weighted by Crippen LogP contribution is -2.12. The molecule has 4 aromatic carbocycles. The van der Waals surface area contributed by atoms with Crippen molar-refractivity contribution >= 4 is 48.9 Å². The summed E-state index contributed by atoms with van der Waals surface area (Å²) in [6.07, 6.45) is 3.15. The van der Waals surface area contributed by atoms with E-state index in [1.165, 1.54) is 65.6 Å². The quantitative estimate of drug-likeness (QED) is 0.234. The van der Waals surface area contributed by atoms with Gasteiger partial charge >= 0.3 is 0 Å². The van der Waals surface area contributed by atoms with Crippen molar-refractivity contribution in [3.63, 3.8) is 0 Å². The highest BCUT2D eigenvalue weighted by Gasteiger charge is 2.21. The zero-order valence-corrected chi connectivity index (χ0v) is 23.2. The second-order valence-corrected chi connectivity index (χ2v) is 13.2. The van der Waals surface area contributed by atoms with Gasteiger partial charge in [-0.05, 0) is 69.5 Å². The Balaban J connectivity index is 1.51. The van der Waals surface area contributed by atoms with Crippen molar-refractivity contribution in [2.45, 2.75) is 53.4 Å². The molecule has 0 aliphatic heterocycles. The average molecular weight is 495 g/mol. The Morgan fingerprint density at radius 2 is 1.39 bits per heavy atom. The molecule has 2 nitrogen and oxygen atoms in total. The fraction of sp³-hybridized carbons (Fsp3) is 0.250. The van der Waals surface area contributed by atoms with E-state index in [1.807, 2.05) is 0 Å². The minimum atomic E-state index is 0.0378. The number of benzene rings is 4. The van der Waals surface area contributed by atoms with Crippen LogP contribution in [0.3, 0.4) is 0 Å². The molecule has 0 saturated carbocycles. The van der Waals surface area contributed by atoms with E-state index < -0.39 is 0 Å². The summed E-state index contributed by atoms with van der Waals surface area (Å²) < 4.78 is 2.47. The molecule has 0 saturated heterocycles. The van der Waals surface area contributed by atoms with Crippen molar-refractivity contribution in [3.05, 3.63) is 96.2 Å². The first kappa shape index (κ1) is 23.2. The van der Waals surface area contributed by atoms with Gasteiger partial charge in [0.05, 0.1) is 22.2 Å². The summed E-state index contributed by atoms with van der Waals surface area (Å²) in [6, 6.07) is 29.4. The molecule has 3 heterocycles. The van der Waals surface area contributed by atoms with Gasteiger partial charge in [0, 0.05) is 33.3 Å². The first-order valence-corrected chi connectivity index (χ1v) is 13.7. The Hall–Kier alpha value is -3.91. The van der Waals surface area contributed by atoms with Crippen molar-refractivity contribution < 1.29 is 0 Å². The van der Waals surface area contributed by atoms with Crippen LogP contribution in [-0.4, -0.2) is 9.38 Å². The monoisotopic (exact) mass is 494 g/mol. The van der Waals surface area contributed by atoms with Gasteiger partial charge < -0.3 is 4.40 Å². The molecule has 0 fully saturated rings. The molecule has 0 amide bonds. The molecule has 0 aliphatic carbocycles. The topological polar surface area (TPSA) is 17.3 Å². The summed E-state index contributed by atoms with van der Waals surface area (Å²) in [5.41, 5.74) is 9.05. The maximum Gasteiger partial charge on any atom is 0.0723 e. The second-order valence-electron chi connectivity index (χ2n) is 13.2. The minimum Gasteiger partial charge on any atom is -0.308 e. The van der Waals surface area contributed by atoms with Gasteiger partial charge in [-0.2, -0.15) is 0 Å². The van der Waals surface area contributed by atoms with Crippen molar-refractivity contribution in [2.24, 2.45) is 5.41 Å². The van der Waals surface area contributed by atoms with E-state index in [0.29, 0.717) is 0 Å². The summed E-state index contributed by atoms with van der Waals surface area (Å²) in [7, 11) is 0. The Morgan fingerprint density at radius 1 is 0.658 bits per heavy atom. The summed E-state index contributed by atoms with van der Waals surface area (Å²) in [5, 5.41) is 7.74. The van der Waals surface area contributed by atoms with Crippen LogP contribution < -0.4 is 0 Å². The van der Waals surface area contributed by atoms with Crippen molar-refractivity contribution in [1.29, 1.82) is 0 Å². The highest BCUT2D eigenvalue weighted by molar-refractivity contribution is 6.23. The van der Waals surface area contributed by atoms with E-state index in [9.17, 15) is 0 Å². The van der Waals surface area contributed by atoms with E-state index in [-0.39, 0.29) is 10.8 Å². The average Bonchev–Trinajstić information content (AvgIpc) is 3.38. The van der Waals surface area contributed by atoms with Crippen LogP contribution in [0.25, 0.3) is 60.1 Å². The van der Waals surface area contributed by atoms with E-state index >= 15 is 0 Å². The third kappa shape index (κ3) is 3.50. The van der Waals surface area contributed by atoms with Crippen LogP contribution in [0, 0.1) is 5.41 Å². The number of hydrogen-bond acceptors (Lipinski definition) is 1. The SMILES string of the molecule is CC(C)(C)Cc1ccc2c(c1)c1cccc3c4cnc(-c5cc(C(C)(C)C)c6ccccc6c5)cc4n2c13. The molecule has 0 aliphatic rings. The Kier molecular flexibility index (Phi) is 4.77. The molecule has 7 aromatic rings. The second kappa shape index (κ2) is 7.80. The Bertz CT molecular complexity index is 2010.